The molecular formula is C30H38N6O5. The Morgan fingerprint density at radius 1 is 0.951 bits per heavy atom. The summed E-state index contributed by atoms with van der Waals surface area (Å²) >= 11 is 0. The molecule has 5 atom stereocenters. The van der Waals surface area contributed by atoms with Crippen LogP contribution >= 0.6 is 0 Å². The molecule has 0 saturated carbocycles. The van der Waals surface area contributed by atoms with E-state index in [4.69, 9.17) is 4.74 Å². The highest BCUT2D eigenvalue weighted by Gasteiger charge is 2.75. The second-order valence-corrected chi connectivity index (χ2v) is 11.5. The molecule has 1 aromatic carbocycles. The number of carbonyl (C=O) groups excluding carboxylic acids is 3. The molecule has 2 fully saturated rings. The third-order valence-electron chi connectivity index (χ3n) is 9.13. The van der Waals surface area contributed by atoms with Gasteiger partial charge in [0.2, 0.25) is 11.8 Å². The number of nitrogens with zero attached hydrogens (tertiary/aromatic N) is 6. The summed E-state index contributed by atoms with van der Waals surface area (Å²) in [4.78, 5) is 48.1. The lowest BCUT2D eigenvalue weighted by Gasteiger charge is -2.38. The molecule has 1 N–H and O–H groups in total. The van der Waals surface area contributed by atoms with Crippen LogP contribution in [0.25, 0.3) is 11.0 Å². The van der Waals surface area contributed by atoms with Gasteiger partial charge in [-0.25, -0.2) is 4.68 Å². The first-order valence-corrected chi connectivity index (χ1v) is 14.7. The zero-order valence-corrected chi connectivity index (χ0v) is 23.7. The first-order chi connectivity index (χ1) is 19.9. The number of benzene rings is 1. The standard InChI is InChI=1S/C30H38N6O5/c1-3-15-33-16-9-13-29(4-2)23(26(33)38)24-27(39)35(18-7-8-19-37)25-28(40)34(17-10-14-30(24,25)41-29)20-36-22-12-6-5-11-21(22)31-32-36/h5-6,9-14,23-25,37H,3-4,7-8,15-20H2,1-2H3/t23-,24-,25?,29+,30-/m0/s1. The maximum Gasteiger partial charge on any atom is 0.250 e. The Labute approximate surface area is 239 Å². The van der Waals surface area contributed by atoms with Gasteiger partial charge in [0.05, 0.1) is 23.0 Å². The van der Waals surface area contributed by atoms with Gasteiger partial charge >= 0.3 is 0 Å². The minimum absolute atomic E-state index is 0.00601. The van der Waals surface area contributed by atoms with Gasteiger partial charge in [0.25, 0.3) is 5.91 Å². The Hall–Kier alpha value is -3.57. The van der Waals surface area contributed by atoms with Crippen molar-refractivity contribution in [1.82, 2.24) is 29.7 Å². The molecule has 11 nitrogen and oxygen atoms in total. The van der Waals surface area contributed by atoms with Crippen LogP contribution in [0, 0.1) is 11.8 Å². The molecule has 0 aliphatic carbocycles. The molecule has 11 heteroatoms. The Morgan fingerprint density at radius 3 is 2.51 bits per heavy atom. The average Bonchev–Trinajstić information content (AvgIpc) is 3.51. The number of para-hydroxylation sites is 1. The average molecular weight is 563 g/mol. The van der Waals surface area contributed by atoms with Crippen molar-refractivity contribution in [3.05, 3.63) is 48.6 Å². The SMILES string of the molecule is CCCN1CC=C[C@@]2(CC)O[C@]34C=CCN(Cn5nnc6ccccc65)C(=O)C3N(CCCCO)C(=O)[C@@H]4[C@H]2C1=O. The Balaban J connectivity index is 1.42. The lowest BCUT2D eigenvalue weighted by atomic mass is 9.73. The van der Waals surface area contributed by atoms with Gasteiger partial charge in [-0.1, -0.05) is 55.5 Å². The van der Waals surface area contributed by atoms with Crippen LogP contribution in [0.4, 0.5) is 0 Å². The van der Waals surface area contributed by atoms with Gasteiger partial charge in [-0.2, -0.15) is 0 Å². The summed E-state index contributed by atoms with van der Waals surface area (Å²) in [5.74, 6) is -2.15. The van der Waals surface area contributed by atoms with Crippen LogP contribution in [0.5, 0.6) is 0 Å². The number of rotatable bonds is 9. The fourth-order valence-corrected chi connectivity index (χ4v) is 7.27. The van der Waals surface area contributed by atoms with Gasteiger partial charge in [-0.15, -0.1) is 5.10 Å². The van der Waals surface area contributed by atoms with Crippen LogP contribution < -0.4 is 0 Å². The first kappa shape index (κ1) is 27.6. The van der Waals surface area contributed by atoms with Gasteiger partial charge in [0.15, 0.2) is 0 Å². The zero-order valence-electron chi connectivity index (χ0n) is 23.7. The maximum absolute atomic E-state index is 14.5. The van der Waals surface area contributed by atoms with Crippen molar-refractivity contribution < 1.29 is 24.2 Å². The van der Waals surface area contributed by atoms with Crippen molar-refractivity contribution in [3.63, 3.8) is 0 Å². The van der Waals surface area contributed by atoms with E-state index in [2.05, 4.69) is 10.3 Å². The summed E-state index contributed by atoms with van der Waals surface area (Å²) in [5.41, 5.74) is -0.742. The molecule has 1 spiro atoms. The highest BCUT2D eigenvalue weighted by Crippen LogP contribution is 2.58. The summed E-state index contributed by atoms with van der Waals surface area (Å²) in [5, 5.41) is 18.0. The van der Waals surface area contributed by atoms with Crippen molar-refractivity contribution in [1.29, 1.82) is 0 Å². The molecule has 3 amide bonds. The summed E-state index contributed by atoms with van der Waals surface area (Å²) in [7, 11) is 0. The zero-order chi connectivity index (χ0) is 28.8. The predicted molar refractivity (Wildman–Crippen MR) is 150 cm³/mol. The Kier molecular flexibility index (Phi) is 7.19. The van der Waals surface area contributed by atoms with Gasteiger partial charge in [-0.3, -0.25) is 14.4 Å². The molecular weight excluding hydrogens is 524 g/mol. The summed E-state index contributed by atoms with van der Waals surface area (Å²) < 4.78 is 8.68. The molecule has 4 aliphatic heterocycles. The van der Waals surface area contributed by atoms with Crippen LogP contribution in [0.1, 0.15) is 39.5 Å². The van der Waals surface area contributed by atoms with Gasteiger partial charge in [-0.05, 0) is 37.8 Å². The van der Waals surface area contributed by atoms with E-state index < -0.39 is 29.1 Å². The number of likely N-dealkylation sites (tertiary alicyclic amines) is 1. The summed E-state index contributed by atoms with van der Waals surface area (Å²) in [6.45, 7) is 5.81. The van der Waals surface area contributed by atoms with Gasteiger partial charge in [0, 0.05) is 32.8 Å². The van der Waals surface area contributed by atoms with E-state index >= 15 is 0 Å². The van der Waals surface area contributed by atoms with Crippen LogP contribution in [-0.2, 0) is 25.8 Å². The largest absolute Gasteiger partial charge is 0.396 e. The van der Waals surface area contributed by atoms with Gasteiger partial charge in [0.1, 0.15) is 23.8 Å². The Bertz CT molecular complexity index is 1400. The summed E-state index contributed by atoms with van der Waals surface area (Å²) in [6.07, 6.45) is 10.0. The summed E-state index contributed by atoms with van der Waals surface area (Å²) in [6, 6.07) is 6.62. The van der Waals surface area contributed by atoms with Crippen molar-refractivity contribution in [3.8, 4) is 0 Å². The topological polar surface area (TPSA) is 121 Å². The van der Waals surface area contributed by atoms with E-state index in [1.807, 2.05) is 67.3 Å². The van der Waals surface area contributed by atoms with E-state index in [0.717, 1.165) is 17.5 Å². The van der Waals surface area contributed by atoms with Crippen molar-refractivity contribution >= 4 is 28.8 Å². The van der Waals surface area contributed by atoms with E-state index in [0.29, 0.717) is 45.4 Å². The first-order valence-electron chi connectivity index (χ1n) is 14.7. The normalized spacial score (nSPS) is 31.0. The number of ether oxygens (including phenoxy) is 1. The van der Waals surface area contributed by atoms with E-state index in [-0.39, 0.29) is 31.0 Å². The number of fused-ring (bicyclic) bond motifs is 3. The quantitative estimate of drug-likeness (QED) is 0.365. The van der Waals surface area contributed by atoms with E-state index in [1.54, 1.807) is 14.5 Å². The molecule has 0 radical (unpaired) electrons. The molecule has 2 aromatic rings. The van der Waals surface area contributed by atoms with E-state index in [9.17, 15) is 19.5 Å². The third-order valence-corrected chi connectivity index (χ3v) is 9.13. The fourth-order valence-electron chi connectivity index (χ4n) is 7.27. The fraction of sp³-hybridized carbons (Fsp3) is 0.567. The van der Waals surface area contributed by atoms with Crippen LogP contribution in [-0.4, -0.2) is 103 Å². The molecule has 2 saturated heterocycles. The molecule has 4 aliphatic rings. The van der Waals surface area contributed by atoms with E-state index in [1.165, 1.54) is 0 Å². The minimum Gasteiger partial charge on any atom is -0.396 e. The second-order valence-electron chi connectivity index (χ2n) is 11.5. The highest BCUT2D eigenvalue weighted by molar-refractivity contribution is 6.00. The molecule has 41 heavy (non-hydrogen) atoms. The highest BCUT2D eigenvalue weighted by atomic mass is 16.5. The lowest BCUT2D eigenvalue weighted by Crippen LogP contribution is -2.56. The molecule has 5 heterocycles. The lowest BCUT2D eigenvalue weighted by molar-refractivity contribution is -0.155. The smallest absolute Gasteiger partial charge is 0.250 e. The van der Waals surface area contributed by atoms with Crippen molar-refractivity contribution in [2.45, 2.75) is 63.4 Å². The Morgan fingerprint density at radius 2 is 1.73 bits per heavy atom. The minimum atomic E-state index is -1.29. The predicted octanol–water partition coefficient (Wildman–Crippen LogP) is 1.73. The van der Waals surface area contributed by atoms with Crippen LogP contribution in [0.3, 0.4) is 0 Å². The van der Waals surface area contributed by atoms with Crippen LogP contribution in [0.15, 0.2) is 48.6 Å². The number of carbonyl (C=O) groups is 3. The number of unbranched alkanes of at least 4 members (excludes halogenated alkanes) is 1. The van der Waals surface area contributed by atoms with Crippen LogP contribution in [0.2, 0.25) is 0 Å². The number of amides is 3. The molecule has 1 unspecified atom stereocenters. The maximum atomic E-state index is 14.5. The second kappa shape index (κ2) is 10.7. The third kappa shape index (κ3) is 4.20. The number of aromatic nitrogens is 3. The number of hydrogen-bond acceptors (Lipinski definition) is 7. The molecule has 1 aromatic heterocycles. The van der Waals surface area contributed by atoms with Crippen molar-refractivity contribution in [2.24, 2.45) is 11.8 Å². The van der Waals surface area contributed by atoms with Crippen molar-refractivity contribution in [2.75, 3.05) is 32.8 Å². The molecule has 0 bridgehead atoms. The number of hydrogen-bond donors (Lipinski definition) is 1. The molecule has 218 valence electrons. The van der Waals surface area contributed by atoms with Gasteiger partial charge < -0.3 is 24.5 Å². The number of aliphatic hydroxyl groups excluding tert-OH is 1. The number of aliphatic hydroxyl groups is 1. The monoisotopic (exact) mass is 562 g/mol. The molecule has 6 rings (SSSR count).